The summed E-state index contributed by atoms with van der Waals surface area (Å²) in [4.78, 5) is 34.3. The van der Waals surface area contributed by atoms with E-state index in [0.717, 1.165) is 0 Å². The molecule has 132 valence electrons. The molecule has 1 amide bonds. The number of nitrogens with one attached hydrogen (secondary N) is 1. The molecule has 0 bridgehead atoms. The van der Waals surface area contributed by atoms with Crippen LogP contribution in [0.15, 0.2) is 0 Å². The van der Waals surface area contributed by atoms with Gasteiger partial charge < -0.3 is 24.3 Å². The predicted octanol–water partition coefficient (Wildman–Crippen LogP) is 0.524. The molecular weight excluding hydrogens is 306 g/mol. The van der Waals surface area contributed by atoms with Gasteiger partial charge in [-0.25, -0.2) is 0 Å². The first-order valence-corrected chi connectivity index (χ1v) is 7.54. The van der Waals surface area contributed by atoms with Crippen molar-refractivity contribution in [2.75, 3.05) is 0 Å². The molecule has 1 rings (SSSR count). The van der Waals surface area contributed by atoms with Crippen LogP contribution in [-0.4, -0.2) is 54.6 Å². The van der Waals surface area contributed by atoms with Crippen molar-refractivity contribution in [1.82, 2.24) is 5.32 Å². The van der Waals surface area contributed by atoms with Crippen molar-refractivity contribution in [2.45, 2.75) is 78.3 Å². The van der Waals surface area contributed by atoms with Crippen molar-refractivity contribution in [1.29, 1.82) is 0 Å². The third-order valence-corrected chi connectivity index (χ3v) is 3.18. The van der Waals surface area contributed by atoms with Crippen LogP contribution in [0.4, 0.5) is 0 Å². The highest BCUT2D eigenvalue weighted by Gasteiger charge is 2.49. The lowest BCUT2D eigenvalue weighted by molar-refractivity contribution is -0.287. The molecule has 0 aromatic rings. The third kappa shape index (κ3) is 5.80. The largest absolute Gasteiger partial charge is 0.456 e. The van der Waals surface area contributed by atoms with Gasteiger partial charge in [0, 0.05) is 20.8 Å². The number of rotatable bonds is 5. The Hall–Kier alpha value is -1.67. The van der Waals surface area contributed by atoms with Gasteiger partial charge in [-0.05, 0) is 20.8 Å². The average Bonchev–Trinajstić information content (AvgIpc) is 2.36. The van der Waals surface area contributed by atoms with E-state index in [4.69, 9.17) is 18.9 Å². The normalized spacial score (nSPS) is 30.7. The lowest BCUT2D eigenvalue weighted by Crippen LogP contribution is -2.65. The van der Waals surface area contributed by atoms with Crippen molar-refractivity contribution in [3.8, 4) is 0 Å². The summed E-state index contributed by atoms with van der Waals surface area (Å²) < 4.78 is 21.9. The minimum Gasteiger partial charge on any atom is -0.456 e. The van der Waals surface area contributed by atoms with E-state index in [1.165, 1.54) is 20.8 Å². The van der Waals surface area contributed by atoms with Crippen LogP contribution >= 0.6 is 0 Å². The van der Waals surface area contributed by atoms with E-state index >= 15 is 0 Å². The van der Waals surface area contributed by atoms with Crippen LogP contribution in [0.25, 0.3) is 0 Å². The summed E-state index contributed by atoms with van der Waals surface area (Å²) >= 11 is 0. The fourth-order valence-corrected chi connectivity index (χ4v) is 2.46. The second-order valence-corrected chi connectivity index (χ2v) is 5.77. The Morgan fingerprint density at radius 3 is 1.96 bits per heavy atom. The SMILES string of the molecule is CC(=O)N[C@H]1[C@H](OC(C)=O)[C@H](OC(C)=O)[C@@H](OC(C)C)O[C@@H]1C. The molecule has 1 aliphatic heterocycles. The molecule has 8 heteroatoms. The maximum absolute atomic E-state index is 11.5. The highest BCUT2D eigenvalue weighted by atomic mass is 16.7. The minimum absolute atomic E-state index is 0.194. The zero-order chi connectivity index (χ0) is 17.7. The molecule has 23 heavy (non-hydrogen) atoms. The lowest BCUT2D eigenvalue weighted by atomic mass is 9.96. The fourth-order valence-electron chi connectivity index (χ4n) is 2.46. The van der Waals surface area contributed by atoms with E-state index in [-0.39, 0.29) is 12.0 Å². The number of ether oxygens (including phenoxy) is 4. The number of carbonyl (C=O) groups is 3. The molecule has 1 fully saturated rings. The summed E-state index contributed by atoms with van der Waals surface area (Å²) in [5, 5.41) is 2.68. The van der Waals surface area contributed by atoms with Crippen molar-refractivity contribution >= 4 is 17.8 Å². The first kappa shape index (κ1) is 19.4. The lowest BCUT2D eigenvalue weighted by Gasteiger charge is -2.44. The van der Waals surface area contributed by atoms with Crippen LogP contribution in [0, 0.1) is 0 Å². The van der Waals surface area contributed by atoms with Gasteiger partial charge in [0.2, 0.25) is 5.91 Å². The number of hydrogen-bond acceptors (Lipinski definition) is 7. The smallest absolute Gasteiger partial charge is 0.303 e. The number of carbonyl (C=O) groups excluding carboxylic acids is 3. The monoisotopic (exact) mass is 331 g/mol. The molecule has 0 aliphatic carbocycles. The Kier molecular flexibility index (Phi) is 6.96. The second-order valence-electron chi connectivity index (χ2n) is 5.77. The topological polar surface area (TPSA) is 100 Å². The van der Waals surface area contributed by atoms with Gasteiger partial charge in [0.1, 0.15) is 0 Å². The zero-order valence-corrected chi connectivity index (χ0v) is 14.3. The quantitative estimate of drug-likeness (QED) is 0.733. The van der Waals surface area contributed by atoms with Gasteiger partial charge in [0.05, 0.1) is 18.2 Å². The fraction of sp³-hybridized carbons (Fsp3) is 0.800. The predicted molar refractivity (Wildman–Crippen MR) is 79.3 cm³/mol. The highest BCUT2D eigenvalue weighted by Crippen LogP contribution is 2.27. The van der Waals surface area contributed by atoms with E-state index in [9.17, 15) is 14.4 Å². The Morgan fingerprint density at radius 1 is 1.00 bits per heavy atom. The first-order chi connectivity index (χ1) is 10.6. The van der Waals surface area contributed by atoms with Gasteiger partial charge in [-0.3, -0.25) is 14.4 Å². The van der Waals surface area contributed by atoms with E-state index in [1.54, 1.807) is 20.8 Å². The summed E-state index contributed by atoms with van der Waals surface area (Å²) in [5.74, 6) is -1.43. The molecule has 1 N–H and O–H groups in total. The Balaban J connectivity index is 3.13. The van der Waals surface area contributed by atoms with Gasteiger partial charge in [-0.2, -0.15) is 0 Å². The van der Waals surface area contributed by atoms with Crippen LogP contribution in [-0.2, 0) is 33.3 Å². The average molecular weight is 331 g/mol. The Labute approximate surface area is 135 Å². The molecule has 5 atom stereocenters. The molecule has 0 unspecified atom stereocenters. The molecule has 0 saturated carbocycles. The van der Waals surface area contributed by atoms with Crippen molar-refractivity contribution < 1.29 is 33.3 Å². The van der Waals surface area contributed by atoms with Crippen molar-refractivity contribution in [2.24, 2.45) is 0 Å². The molecule has 0 aromatic carbocycles. The van der Waals surface area contributed by atoms with E-state index in [0.29, 0.717) is 0 Å². The Bertz CT molecular complexity index is 451. The molecule has 0 aromatic heterocycles. The first-order valence-electron chi connectivity index (χ1n) is 7.54. The summed E-state index contributed by atoms with van der Waals surface area (Å²) in [6.07, 6.45) is -3.48. The number of hydrogen-bond donors (Lipinski definition) is 1. The molecule has 0 spiro atoms. The molecule has 1 heterocycles. The van der Waals surface area contributed by atoms with Gasteiger partial charge in [-0.1, -0.05) is 0 Å². The summed E-state index contributed by atoms with van der Waals surface area (Å²) in [5.41, 5.74) is 0. The molecule has 8 nitrogen and oxygen atoms in total. The summed E-state index contributed by atoms with van der Waals surface area (Å²) in [6, 6.07) is -0.659. The maximum Gasteiger partial charge on any atom is 0.303 e. The van der Waals surface area contributed by atoms with E-state index in [2.05, 4.69) is 5.32 Å². The zero-order valence-electron chi connectivity index (χ0n) is 14.3. The molecular formula is C15H25NO7. The molecule has 1 aliphatic rings. The Morgan fingerprint density at radius 2 is 1.52 bits per heavy atom. The molecule has 0 radical (unpaired) electrons. The highest BCUT2D eigenvalue weighted by molar-refractivity contribution is 5.73. The van der Waals surface area contributed by atoms with Crippen LogP contribution in [0.1, 0.15) is 41.5 Å². The summed E-state index contributed by atoms with van der Waals surface area (Å²) in [7, 11) is 0. The van der Waals surface area contributed by atoms with E-state index < -0.39 is 42.6 Å². The van der Waals surface area contributed by atoms with Crippen molar-refractivity contribution in [3.63, 3.8) is 0 Å². The van der Waals surface area contributed by atoms with E-state index in [1.807, 2.05) is 0 Å². The van der Waals surface area contributed by atoms with Gasteiger partial charge in [-0.15, -0.1) is 0 Å². The van der Waals surface area contributed by atoms with Crippen LogP contribution in [0.2, 0.25) is 0 Å². The van der Waals surface area contributed by atoms with Gasteiger partial charge in [0.15, 0.2) is 18.5 Å². The maximum atomic E-state index is 11.5. The van der Waals surface area contributed by atoms with Gasteiger partial charge >= 0.3 is 11.9 Å². The number of amides is 1. The van der Waals surface area contributed by atoms with Crippen LogP contribution in [0.5, 0.6) is 0 Å². The van der Waals surface area contributed by atoms with Crippen molar-refractivity contribution in [3.05, 3.63) is 0 Å². The van der Waals surface area contributed by atoms with Crippen LogP contribution < -0.4 is 5.32 Å². The minimum atomic E-state index is -0.980. The second kappa shape index (κ2) is 8.26. The van der Waals surface area contributed by atoms with Gasteiger partial charge in [0.25, 0.3) is 0 Å². The summed E-state index contributed by atoms with van der Waals surface area (Å²) in [6.45, 7) is 9.16. The molecule has 1 saturated heterocycles. The number of esters is 2. The third-order valence-electron chi connectivity index (χ3n) is 3.18. The van der Waals surface area contributed by atoms with Crippen LogP contribution in [0.3, 0.4) is 0 Å². The standard InChI is InChI=1S/C15H25NO7/c1-7(2)20-15-14(23-11(6)19)13(22-10(5)18)12(8(3)21-15)16-9(4)17/h7-8,12-15H,1-6H3,(H,16,17)/t8-,12-,13+,14+,15+/m1/s1.